The maximum Gasteiger partial charge on any atom is 0.402 e. The van der Waals surface area contributed by atoms with Crippen molar-refractivity contribution in [1.82, 2.24) is 5.32 Å². The number of primary amides is 1. The molecular formula is C20H25FN2O3. The van der Waals surface area contributed by atoms with E-state index in [1.54, 1.807) is 12.1 Å². The normalized spacial score (nSPS) is 13.7. The van der Waals surface area contributed by atoms with Gasteiger partial charge in [-0.15, -0.1) is 0 Å². The molecule has 6 heteroatoms. The summed E-state index contributed by atoms with van der Waals surface area (Å²) in [5.41, 5.74) is 5.81. The SMILES string of the molecule is Fc1ccccc1COc1cccc(CNC2CCCC2)c1.NC(=O)O. The summed E-state index contributed by atoms with van der Waals surface area (Å²) < 4.78 is 19.3. The van der Waals surface area contributed by atoms with E-state index in [-0.39, 0.29) is 12.4 Å². The van der Waals surface area contributed by atoms with Crippen LogP contribution in [0.4, 0.5) is 9.18 Å². The largest absolute Gasteiger partial charge is 0.489 e. The zero-order chi connectivity index (χ0) is 18.8. The molecule has 0 aromatic heterocycles. The molecule has 0 saturated heterocycles. The lowest BCUT2D eigenvalue weighted by Crippen LogP contribution is -2.25. The fourth-order valence-corrected chi connectivity index (χ4v) is 2.91. The molecule has 0 spiro atoms. The van der Waals surface area contributed by atoms with Gasteiger partial charge in [0, 0.05) is 18.2 Å². The Labute approximate surface area is 153 Å². The Hall–Kier alpha value is -2.60. The molecule has 0 bridgehead atoms. The second-order valence-electron chi connectivity index (χ2n) is 6.23. The van der Waals surface area contributed by atoms with Crippen LogP contribution >= 0.6 is 0 Å². The average molecular weight is 360 g/mol. The quantitative estimate of drug-likeness (QED) is 0.725. The van der Waals surface area contributed by atoms with Gasteiger partial charge < -0.3 is 20.9 Å². The van der Waals surface area contributed by atoms with Crippen molar-refractivity contribution in [3.05, 3.63) is 65.5 Å². The van der Waals surface area contributed by atoms with Crippen molar-refractivity contribution in [2.24, 2.45) is 5.73 Å². The van der Waals surface area contributed by atoms with Crippen LogP contribution in [0, 0.1) is 5.82 Å². The molecule has 0 heterocycles. The highest BCUT2D eigenvalue weighted by molar-refractivity contribution is 5.61. The number of benzene rings is 2. The van der Waals surface area contributed by atoms with E-state index in [9.17, 15) is 4.39 Å². The van der Waals surface area contributed by atoms with Gasteiger partial charge in [0.2, 0.25) is 0 Å². The molecule has 1 aliphatic carbocycles. The second kappa shape index (κ2) is 10.4. The molecule has 1 saturated carbocycles. The second-order valence-corrected chi connectivity index (χ2v) is 6.23. The standard InChI is InChI=1S/C19H22FNO.CH3NO2/c20-19-11-4-1-7-16(19)14-22-18-10-5-6-15(12-18)13-21-17-8-2-3-9-17;2-1(3)4/h1,4-7,10-12,17,21H,2-3,8-9,13-14H2;2H2,(H,3,4). The third-order valence-electron chi connectivity index (χ3n) is 4.20. The van der Waals surface area contributed by atoms with E-state index in [4.69, 9.17) is 14.6 Å². The highest BCUT2D eigenvalue weighted by Crippen LogP contribution is 2.20. The first-order chi connectivity index (χ1) is 12.5. The van der Waals surface area contributed by atoms with E-state index >= 15 is 0 Å². The molecule has 0 unspecified atom stereocenters. The van der Waals surface area contributed by atoms with Gasteiger partial charge in [-0.3, -0.25) is 0 Å². The summed E-state index contributed by atoms with van der Waals surface area (Å²) in [6.45, 7) is 1.12. The third-order valence-corrected chi connectivity index (χ3v) is 4.20. The zero-order valence-electron chi connectivity index (χ0n) is 14.7. The van der Waals surface area contributed by atoms with Crippen LogP contribution in [-0.4, -0.2) is 17.2 Å². The molecular weight excluding hydrogens is 335 g/mol. The van der Waals surface area contributed by atoms with E-state index in [0.29, 0.717) is 11.6 Å². The minimum atomic E-state index is -1.33. The van der Waals surface area contributed by atoms with Crippen LogP contribution in [0.3, 0.4) is 0 Å². The van der Waals surface area contributed by atoms with E-state index < -0.39 is 6.09 Å². The maximum absolute atomic E-state index is 13.6. The molecule has 140 valence electrons. The molecule has 1 amide bonds. The number of ether oxygens (including phenoxy) is 1. The predicted octanol–water partition coefficient (Wildman–Crippen LogP) is 4.06. The number of amides is 1. The molecule has 2 aromatic rings. The number of rotatable bonds is 6. The van der Waals surface area contributed by atoms with Gasteiger partial charge in [0.25, 0.3) is 0 Å². The van der Waals surface area contributed by atoms with Gasteiger partial charge in [0.1, 0.15) is 18.2 Å². The Morgan fingerprint density at radius 3 is 2.58 bits per heavy atom. The first kappa shape index (κ1) is 19.7. The number of nitrogens with one attached hydrogen (secondary N) is 1. The van der Waals surface area contributed by atoms with Gasteiger partial charge in [-0.2, -0.15) is 0 Å². The highest BCUT2D eigenvalue weighted by atomic mass is 19.1. The van der Waals surface area contributed by atoms with Gasteiger partial charge in [-0.05, 0) is 36.6 Å². The van der Waals surface area contributed by atoms with Gasteiger partial charge in [0.05, 0.1) is 0 Å². The molecule has 2 aromatic carbocycles. The molecule has 5 nitrogen and oxygen atoms in total. The van der Waals surface area contributed by atoms with Crippen LogP contribution in [-0.2, 0) is 13.2 Å². The summed E-state index contributed by atoms with van der Waals surface area (Å²) in [6.07, 6.45) is 3.90. The van der Waals surface area contributed by atoms with Crippen LogP contribution < -0.4 is 15.8 Å². The lowest BCUT2D eigenvalue weighted by atomic mass is 10.2. The number of hydrogen-bond donors (Lipinski definition) is 3. The smallest absolute Gasteiger partial charge is 0.402 e. The van der Waals surface area contributed by atoms with Crippen molar-refractivity contribution in [2.75, 3.05) is 0 Å². The summed E-state index contributed by atoms with van der Waals surface area (Å²) in [6, 6.07) is 15.4. The van der Waals surface area contributed by atoms with Crippen molar-refractivity contribution >= 4 is 6.09 Å². The molecule has 0 atom stereocenters. The first-order valence-electron chi connectivity index (χ1n) is 8.71. The van der Waals surface area contributed by atoms with Crippen LogP contribution in [0.25, 0.3) is 0 Å². The maximum atomic E-state index is 13.6. The van der Waals surface area contributed by atoms with Gasteiger partial charge in [-0.1, -0.05) is 43.2 Å². The van der Waals surface area contributed by atoms with Crippen molar-refractivity contribution < 1.29 is 19.0 Å². The topological polar surface area (TPSA) is 84.6 Å². The number of nitrogens with two attached hydrogens (primary N) is 1. The molecule has 26 heavy (non-hydrogen) atoms. The summed E-state index contributed by atoms with van der Waals surface area (Å²) in [7, 11) is 0. The summed E-state index contributed by atoms with van der Waals surface area (Å²) >= 11 is 0. The fraction of sp³-hybridized carbons (Fsp3) is 0.350. The highest BCUT2D eigenvalue weighted by Gasteiger charge is 2.13. The van der Waals surface area contributed by atoms with Gasteiger partial charge in [-0.25, -0.2) is 9.18 Å². The van der Waals surface area contributed by atoms with Crippen molar-refractivity contribution in [2.45, 2.75) is 44.9 Å². The van der Waals surface area contributed by atoms with Crippen LogP contribution in [0.15, 0.2) is 48.5 Å². The van der Waals surface area contributed by atoms with Gasteiger partial charge >= 0.3 is 6.09 Å². The molecule has 3 rings (SSSR count). The third kappa shape index (κ3) is 7.11. The summed E-state index contributed by atoms with van der Waals surface area (Å²) in [5.74, 6) is 0.565. The van der Waals surface area contributed by atoms with Crippen molar-refractivity contribution in [1.29, 1.82) is 0 Å². The number of carboxylic acid groups (broad SMARTS) is 1. The Morgan fingerprint density at radius 1 is 1.19 bits per heavy atom. The lowest BCUT2D eigenvalue weighted by molar-refractivity contribution is 0.205. The number of hydrogen-bond acceptors (Lipinski definition) is 3. The number of halogens is 1. The molecule has 0 aliphatic heterocycles. The van der Waals surface area contributed by atoms with E-state index in [2.05, 4.69) is 17.1 Å². The predicted molar refractivity (Wildman–Crippen MR) is 98.5 cm³/mol. The number of carbonyl (C=O) groups is 1. The minimum Gasteiger partial charge on any atom is -0.489 e. The molecule has 0 radical (unpaired) electrons. The van der Waals surface area contributed by atoms with Crippen LogP contribution in [0.2, 0.25) is 0 Å². The van der Waals surface area contributed by atoms with E-state index in [1.807, 2.05) is 24.3 Å². The Kier molecular flexibility index (Phi) is 7.89. The summed E-state index contributed by atoms with van der Waals surface area (Å²) in [4.78, 5) is 8.78. The Morgan fingerprint density at radius 2 is 1.88 bits per heavy atom. The monoisotopic (exact) mass is 360 g/mol. The van der Waals surface area contributed by atoms with Crippen molar-refractivity contribution in [3.63, 3.8) is 0 Å². The molecule has 1 fully saturated rings. The lowest BCUT2D eigenvalue weighted by Gasteiger charge is -2.13. The minimum absolute atomic E-state index is 0.221. The van der Waals surface area contributed by atoms with Gasteiger partial charge in [0.15, 0.2) is 0 Å². The Bertz CT molecular complexity index is 699. The molecule has 1 aliphatic rings. The van der Waals surface area contributed by atoms with E-state index in [0.717, 1.165) is 12.3 Å². The van der Waals surface area contributed by atoms with Crippen LogP contribution in [0.5, 0.6) is 5.75 Å². The average Bonchev–Trinajstić information content (AvgIpc) is 3.13. The molecule has 4 N–H and O–H groups in total. The van der Waals surface area contributed by atoms with E-state index in [1.165, 1.54) is 37.3 Å². The van der Waals surface area contributed by atoms with Crippen molar-refractivity contribution in [3.8, 4) is 5.75 Å². The fourth-order valence-electron chi connectivity index (χ4n) is 2.91. The van der Waals surface area contributed by atoms with Crippen LogP contribution in [0.1, 0.15) is 36.8 Å². The zero-order valence-corrected chi connectivity index (χ0v) is 14.7. The Balaban J connectivity index is 0.000000552. The first-order valence-corrected chi connectivity index (χ1v) is 8.71. The summed E-state index contributed by atoms with van der Waals surface area (Å²) in [5, 5.41) is 10.8.